The van der Waals surface area contributed by atoms with Crippen LogP contribution in [-0.4, -0.2) is 17.0 Å². The van der Waals surface area contributed by atoms with Crippen molar-refractivity contribution in [1.82, 2.24) is 0 Å². The van der Waals surface area contributed by atoms with Crippen molar-refractivity contribution in [2.24, 2.45) is 0 Å². The first kappa shape index (κ1) is 12.3. The van der Waals surface area contributed by atoms with Crippen LogP contribution in [0.1, 0.15) is 19.3 Å². The molecule has 0 unspecified atom stereocenters. The molecular formula is C10H6BrNO3S2. The highest BCUT2D eigenvalue weighted by Gasteiger charge is 2.15. The lowest BCUT2D eigenvalue weighted by molar-refractivity contribution is 0.0703. The zero-order valence-corrected chi connectivity index (χ0v) is 11.5. The standard InChI is InChI=1S/C10H6BrNO3S2/c11-7-2-1-6(17-7)9(13)12-5-3-4-16-8(5)10(14)15/h1-4H,(H,12,13)(H,14,15). The molecule has 0 atom stereocenters. The van der Waals surface area contributed by atoms with E-state index in [9.17, 15) is 9.59 Å². The van der Waals surface area contributed by atoms with E-state index in [2.05, 4.69) is 21.2 Å². The number of amides is 1. The van der Waals surface area contributed by atoms with Gasteiger partial charge in [-0.25, -0.2) is 4.79 Å². The van der Waals surface area contributed by atoms with E-state index >= 15 is 0 Å². The molecule has 0 aliphatic carbocycles. The normalized spacial score (nSPS) is 10.2. The van der Waals surface area contributed by atoms with Gasteiger partial charge < -0.3 is 10.4 Å². The first-order chi connectivity index (χ1) is 8.08. The van der Waals surface area contributed by atoms with E-state index in [-0.39, 0.29) is 10.8 Å². The van der Waals surface area contributed by atoms with Crippen LogP contribution < -0.4 is 5.32 Å². The molecule has 0 aromatic carbocycles. The largest absolute Gasteiger partial charge is 0.477 e. The highest BCUT2D eigenvalue weighted by Crippen LogP contribution is 2.26. The molecule has 2 rings (SSSR count). The van der Waals surface area contributed by atoms with Gasteiger partial charge in [-0.2, -0.15) is 0 Å². The van der Waals surface area contributed by atoms with Gasteiger partial charge in [-0.05, 0) is 39.5 Å². The summed E-state index contributed by atoms with van der Waals surface area (Å²) in [6, 6.07) is 5.02. The van der Waals surface area contributed by atoms with E-state index in [1.54, 1.807) is 23.6 Å². The number of rotatable bonds is 3. The Kier molecular flexibility index (Phi) is 3.60. The van der Waals surface area contributed by atoms with E-state index in [4.69, 9.17) is 5.11 Å². The van der Waals surface area contributed by atoms with Crippen molar-refractivity contribution in [3.63, 3.8) is 0 Å². The summed E-state index contributed by atoms with van der Waals surface area (Å²) in [4.78, 5) is 23.3. The fourth-order valence-corrected chi connectivity index (χ4v) is 3.16. The molecule has 2 heterocycles. The zero-order valence-electron chi connectivity index (χ0n) is 8.27. The maximum atomic E-state index is 11.8. The van der Waals surface area contributed by atoms with Crippen molar-refractivity contribution in [2.45, 2.75) is 0 Å². The van der Waals surface area contributed by atoms with Crippen molar-refractivity contribution in [3.05, 3.63) is 37.1 Å². The second-order valence-electron chi connectivity index (χ2n) is 3.03. The number of hydrogen-bond donors (Lipinski definition) is 2. The predicted octanol–water partition coefficient (Wildman–Crippen LogP) is 3.52. The number of aromatic carboxylic acids is 1. The average Bonchev–Trinajstić information content (AvgIpc) is 2.86. The van der Waals surface area contributed by atoms with Crippen molar-refractivity contribution < 1.29 is 14.7 Å². The average molecular weight is 332 g/mol. The van der Waals surface area contributed by atoms with Crippen molar-refractivity contribution in [2.75, 3.05) is 5.32 Å². The molecule has 2 N–H and O–H groups in total. The highest BCUT2D eigenvalue weighted by molar-refractivity contribution is 9.11. The van der Waals surface area contributed by atoms with Gasteiger partial charge in [-0.1, -0.05) is 0 Å². The lowest BCUT2D eigenvalue weighted by Gasteiger charge is -2.01. The third kappa shape index (κ3) is 2.74. The van der Waals surface area contributed by atoms with Crippen LogP contribution in [0.2, 0.25) is 0 Å². The minimum Gasteiger partial charge on any atom is -0.477 e. The molecule has 0 radical (unpaired) electrons. The van der Waals surface area contributed by atoms with Crippen LogP contribution in [0.4, 0.5) is 5.69 Å². The Hall–Kier alpha value is -1.18. The summed E-state index contributed by atoms with van der Waals surface area (Å²) < 4.78 is 0.853. The predicted molar refractivity (Wildman–Crippen MR) is 71.3 cm³/mol. The molecule has 88 valence electrons. The summed E-state index contributed by atoms with van der Waals surface area (Å²) in [5.74, 6) is -1.34. The van der Waals surface area contributed by atoms with Crippen LogP contribution in [0.25, 0.3) is 0 Å². The third-order valence-corrected chi connectivity index (χ3v) is 4.43. The van der Waals surface area contributed by atoms with Gasteiger partial charge in [0.1, 0.15) is 4.88 Å². The Morgan fingerprint density at radius 1 is 1.29 bits per heavy atom. The van der Waals surface area contributed by atoms with Crippen LogP contribution in [0.5, 0.6) is 0 Å². The van der Waals surface area contributed by atoms with Gasteiger partial charge in [0.2, 0.25) is 0 Å². The first-order valence-corrected chi connectivity index (χ1v) is 6.94. The molecular weight excluding hydrogens is 326 g/mol. The topological polar surface area (TPSA) is 66.4 Å². The number of carbonyl (C=O) groups excluding carboxylic acids is 1. The third-order valence-electron chi connectivity index (χ3n) is 1.90. The van der Waals surface area contributed by atoms with Gasteiger partial charge >= 0.3 is 5.97 Å². The molecule has 0 aliphatic rings. The van der Waals surface area contributed by atoms with Gasteiger partial charge in [0.15, 0.2) is 0 Å². The fraction of sp³-hybridized carbons (Fsp3) is 0. The minimum absolute atomic E-state index is 0.133. The molecule has 17 heavy (non-hydrogen) atoms. The maximum Gasteiger partial charge on any atom is 0.348 e. The van der Waals surface area contributed by atoms with Crippen LogP contribution in [-0.2, 0) is 0 Å². The van der Waals surface area contributed by atoms with Crippen molar-refractivity contribution in [3.8, 4) is 0 Å². The summed E-state index contributed by atoms with van der Waals surface area (Å²) >= 11 is 5.63. The van der Waals surface area contributed by atoms with Gasteiger partial charge in [-0.15, -0.1) is 22.7 Å². The Morgan fingerprint density at radius 2 is 2.06 bits per heavy atom. The molecule has 2 aromatic heterocycles. The quantitative estimate of drug-likeness (QED) is 0.904. The fourth-order valence-electron chi connectivity index (χ4n) is 1.19. The van der Waals surface area contributed by atoms with E-state index in [0.717, 1.165) is 15.1 Å². The second-order valence-corrected chi connectivity index (χ2v) is 6.41. The molecule has 0 bridgehead atoms. The molecule has 0 saturated carbocycles. The zero-order chi connectivity index (χ0) is 12.4. The number of anilines is 1. The van der Waals surface area contributed by atoms with E-state index in [1.165, 1.54) is 11.3 Å². The van der Waals surface area contributed by atoms with Crippen LogP contribution >= 0.6 is 38.6 Å². The lowest BCUT2D eigenvalue weighted by Crippen LogP contribution is -2.11. The Bertz CT molecular complexity index is 576. The van der Waals surface area contributed by atoms with E-state index < -0.39 is 5.97 Å². The van der Waals surface area contributed by atoms with E-state index in [0.29, 0.717) is 10.6 Å². The Balaban J connectivity index is 2.18. The summed E-state index contributed by atoms with van der Waals surface area (Å²) in [6.07, 6.45) is 0. The maximum absolute atomic E-state index is 11.8. The van der Waals surface area contributed by atoms with Gasteiger partial charge in [0.05, 0.1) is 14.4 Å². The number of nitrogens with one attached hydrogen (secondary N) is 1. The number of halogens is 1. The second kappa shape index (κ2) is 4.99. The van der Waals surface area contributed by atoms with Crippen LogP contribution in [0.3, 0.4) is 0 Å². The molecule has 7 heteroatoms. The smallest absolute Gasteiger partial charge is 0.348 e. The van der Waals surface area contributed by atoms with Crippen molar-refractivity contribution in [1.29, 1.82) is 0 Å². The molecule has 0 fully saturated rings. The number of hydrogen-bond acceptors (Lipinski definition) is 4. The van der Waals surface area contributed by atoms with Gasteiger partial charge in [0.25, 0.3) is 5.91 Å². The molecule has 2 aromatic rings. The Morgan fingerprint density at radius 3 is 2.65 bits per heavy atom. The van der Waals surface area contributed by atoms with Gasteiger partial charge in [-0.3, -0.25) is 4.79 Å². The van der Waals surface area contributed by atoms with E-state index in [1.807, 2.05) is 0 Å². The summed E-state index contributed by atoms with van der Waals surface area (Å²) in [5.41, 5.74) is 0.331. The SMILES string of the molecule is O=C(Nc1ccsc1C(=O)O)c1ccc(Br)s1. The molecule has 0 saturated heterocycles. The number of carboxylic acids is 1. The first-order valence-electron chi connectivity index (χ1n) is 4.45. The lowest BCUT2D eigenvalue weighted by atomic mass is 10.3. The Labute approximate surface area is 113 Å². The molecule has 0 spiro atoms. The minimum atomic E-state index is -1.04. The molecule has 4 nitrogen and oxygen atoms in total. The summed E-state index contributed by atoms with van der Waals surface area (Å²) in [5, 5.41) is 13.1. The van der Waals surface area contributed by atoms with Crippen molar-refractivity contribution >= 4 is 56.2 Å². The summed E-state index contributed by atoms with van der Waals surface area (Å²) in [7, 11) is 0. The number of thiophene rings is 2. The van der Waals surface area contributed by atoms with Crippen LogP contribution in [0, 0.1) is 0 Å². The molecule has 0 aliphatic heterocycles. The van der Waals surface area contributed by atoms with Gasteiger partial charge in [0, 0.05) is 0 Å². The monoisotopic (exact) mass is 331 g/mol. The number of carboxylic acid groups (broad SMARTS) is 1. The highest BCUT2D eigenvalue weighted by atomic mass is 79.9. The number of carbonyl (C=O) groups is 2. The molecule has 1 amide bonds. The summed E-state index contributed by atoms with van der Waals surface area (Å²) in [6.45, 7) is 0. The van der Waals surface area contributed by atoms with Crippen LogP contribution in [0.15, 0.2) is 27.4 Å².